The number of guanidine groups is 1. The summed E-state index contributed by atoms with van der Waals surface area (Å²) in [5.74, 6) is -0.760. The number of carbonyl (C=O) groups excluding carboxylic acids is 1. The van der Waals surface area contributed by atoms with Crippen molar-refractivity contribution in [3.8, 4) is 5.69 Å². The van der Waals surface area contributed by atoms with Gasteiger partial charge in [0.1, 0.15) is 0 Å². The quantitative estimate of drug-likeness (QED) is 0.421. The van der Waals surface area contributed by atoms with Gasteiger partial charge >= 0.3 is 0 Å². The van der Waals surface area contributed by atoms with Crippen LogP contribution >= 0.6 is 11.6 Å². The van der Waals surface area contributed by atoms with Crippen LogP contribution in [0.15, 0.2) is 65.9 Å². The van der Waals surface area contributed by atoms with E-state index in [4.69, 9.17) is 23.1 Å². The number of carbonyl (C=O) groups is 1. The van der Waals surface area contributed by atoms with E-state index in [9.17, 15) is 4.79 Å². The van der Waals surface area contributed by atoms with Crippen molar-refractivity contribution in [2.24, 2.45) is 16.5 Å². The van der Waals surface area contributed by atoms with Gasteiger partial charge in [-0.2, -0.15) is 4.99 Å². The molecule has 0 saturated carbocycles. The number of benzene rings is 2. The zero-order chi connectivity index (χ0) is 18.3. The monoisotopic (exact) mass is 363 g/mol. The molecule has 0 aliphatic carbocycles. The third-order valence-electron chi connectivity index (χ3n) is 4.11. The molecule has 4 rings (SSSR count). The highest BCUT2D eigenvalue weighted by molar-refractivity contribution is 6.31. The van der Waals surface area contributed by atoms with Gasteiger partial charge in [-0.25, -0.2) is 0 Å². The minimum absolute atomic E-state index is 0.270. The Hall–Kier alpha value is -3.38. The van der Waals surface area contributed by atoms with Crippen LogP contribution in [0.25, 0.3) is 27.5 Å². The first-order valence-electron chi connectivity index (χ1n) is 7.83. The molecule has 0 spiro atoms. The van der Waals surface area contributed by atoms with E-state index in [1.165, 1.54) is 0 Å². The first kappa shape index (κ1) is 16.1. The second-order valence-corrected chi connectivity index (χ2v) is 6.20. The molecule has 0 unspecified atom stereocenters. The van der Waals surface area contributed by atoms with Crippen LogP contribution in [0.3, 0.4) is 0 Å². The third kappa shape index (κ3) is 2.66. The zero-order valence-corrected chi connectivity index (χ0v) is 14.3. The van der Waals surface area contributed by atoms with E-state index in [2.05, 4.69) is 9.98 Å². The number of pyridine rings is 1. The number of para-hydroxylation sites is 1. The topological polar surface area (TPSA) is 99.3 Å². The molecule has 0 fully saturated rings. The Kier molecular flexibility index (Phi) is 3.82. The first-order valence-corrected chi connectivity index (χ1v) is 8.21. The van der Waals surface area contributed by atoms with Crippen LogP contribution in [0.5, 0.6) is 0 Å². The molecule has 0 radical (unpaired) electrons. The van der Waals surface area contributed by atoms with Crippen molar-refractivity contribution in [3.63, 3.8) is 0 Å². The number of aliphatic imine (C=N–C) groups is 1. The maximum absolute atomic E-state index is 12.4. The number of rotatable bonds is 2. The molecular formula is C19H14ClN5O. The molecule has 4 aromatic rings. The van der Waals surface area contributed by atoms with Gasteiger partial charge in [-0.15, -0.1) is 0 Å². The highest BCUT2D eigenvalue weighted by Crippen LogP contribution is 2.30. The maximum atomic E-state index is 12.4. The minimum Gasteiger partial charge on any atom is -0.370 e. The summed E-state index contributed by atoms with van der Waals surface area (Å²) in [7, 11) is 0. The normalized spacial score (nSPS) is 11.0. The van der Waals surface area contributed by atoms with Gasteiger partial charge in [-0.1, -0.05) is 29.8 Å². The lowest BCUT2D eigenvalue weighted by Crippen LogP contribution is -2.24. The summed E-state index contributed by atoms with van der Waals surface area (Å²) in [6.45, 7) is 0. The van der Waals surface area contributed by atoms with Crippen LogP contribution in [0.4, 0.5) is 0 Å². The molecule has 0 aliphatic heterocycles. The van der Waals surface area contributed by atoms with E-state index in [1.54, 1.807) is 18.5 Å². The Balaban J connectivity index is 2.03. The number of aromatic nitrogens is 2. The fourth-order valence-electron chi connectivity index (χ4n) is 3.04. The zero-order valence-electron chi connectivity index (χ0n) is 13.6. The van der Waals surface area contributed by atoms with Gasteiger partial charge in [-0.3, -0.25) is 9.78 Å². The Morgan fingerprint density at radius 3 is 2.69 bits per heavy atom. The molecule has 0 bridgehead atoms. The van der Waals surface area contributed by atoms with Gasteiger partial charge in [0.2, 0.25) is 0 Å². The van der Waals surface area contributed by atoms with Crippen molar-refractivity contribution in [1.82, 2.24) is 9.55 Å². The van der Waals surface area contributed by atoms with Crippen LogP contribution in [-0.2, 0) is 0 Å². The van der Waals surface area contributed by atoms with Crippen LogP contribution in [0.1, 0.15) is 10.4 Å². The number of fused-ring (bicyclic) bond motifs is 2. The molecule has 128 valence electrons. The van der Waals surface area contributed by atoms with Crippen LogP contribution in [-0.4, -0.2) is 21.4 Å². The number of hydrogen-bond acceptors (Lipinski definition) is 2. The maximum Gasteiger partial charge on any atom is 0.282 e. The molecule has 4 N–H and O–H groups in total. The van der Waals surface area contributed by atoms with Crippen molar-refractivity contribution in [2.75, 3.05) is 0 Å². The fraction of sp³-hybridized carbons (Fsp3) is 0. The summed E-state index contributed by atoms with van der Waals surface area (Å²) in [5, 5.41) is 2.25. The number of halogens is 1. The van der Waals surface area contributed by atoms with Gasteiger partial charge < -0.3 is 16.0 Å². The van der Waals surface area contributed by atoms with Crippen molar-refractivity contribution >= 4 is 45.3 Å². The average molecular weight is 364 g/mol. The average Bonchev–Trinajstić information content (AvgIpc) is 3.00. The number of amides is 1. The van der Waals surface area contributed by atoms with E-state index < -0.39 is 5.91 Å². The minimum atomic E-state index is -0.489. The molecule has 7 heteroatoms. The van der Waals surface area contributed by atoms with E-state index >= 15 is 0 Å². The largest absolute Gasteiger partial charge is 0.370 e. The van der Waals surface area contributed by atoms with Gasteiger partial charge in [0.05, 0.1) is 22.3 Å². The molecule has 1 amide bonds. The van der Waals surface area contributed by atoms with Crippen molar-refractivity contribution in [2.45, 2.75) is 0 Å². The number of nitrogens with two attached hydrogens (primary N) is 2. The lowest BCUT2D eigenvalue weighted by Gasteiger charge is -2.09. The van der Waals surface area contributed by atoms with Crippen molar-refractivity contribution in [3.05, 3.63) is 71.5 Å². The highest BCUT2D eigenvalue weighted by Gasteiger charge is 2.17. The molecule has 6 nitrogen and oxygen atoms in total. The Labute approximate surface area is 153 Å². The summed E-state index contributed by atoms with van der Waals surface area (Å²) >= 11 is 6.17. The Morgan fingerprint density at radius 2 is 1.88 bits per heavy atom. The van der Waals surface area contributed by atoms with Gasteiger partial charge in [-0.05, 0) is 30.3 Å². The SMILES string of the molecule is NC(N)=NC(=O)c1cn(-c2ccnc3ccc(Cl)cc23)c2ccccc12. The van der Waals surface area contributed by atoms with E-state index in [0.717, 1.165) is 27.5 Å². The molecule has 26 heavy (non-hydrogen) atoms. The summed E-state index contributed by atoms with van der Waals surface area (Å²) in [5.41, 5.74) is 13.7. The molecule has 2 heterocycles. The van der Waals surface area contributed by atoms with Crippen molar-refractivity contribution < 1.29 is 4.79 Å². The summed E-state index contributed by atoms with van der Waals surface area (Å²) in [6, 6.07) is 14.9. The van der Waals surface area contributed by atoms with Gasteiger partial charge in [0.25, 0.3) is 5.91 Å². The first-order chi connectivity index (χ1) is 12.5. The second kappa shape index (κ2) is 6.16. The second-order valence-electron chi connectivity index (χ2n) is 5.76. The summed E-state index contributed by atoms with van der Waals surface area (Å²) < 4.78 is 1.92. The molecule has 0 aliphatic rings. The predicted molar refractivity (Wildman–Crippen MR) is 104 cm³/mol. The molecular weight excluding hydrogens is 350 g/mol. The highest BCUT2D eigenvalue weighted by atomic mass is 35.5. The standard InChI is InChI=1S/C19H14ClN5O/c20-11-5-6-15-13(9-11)17(7-8-23-15)25-10-14(18(26)24-19(21)22)12-3-1-2-4-16(12)25/h1-10H,(H4,21,22,24,26). The van der Waals surface area contributed by atoms with Crippen LogP contribution in [0, 0.1) is 0 Å². The molecule has 0 saturated heterocycles. The van der Waals surface area contributed by atoms with Gasteiger partial charge in [0.15, 0.2) is 5.96 Å². The fourth-order valence-corrected chi connectivity index (χ4v) is 3.21. The summed E-state index contributed by atoms with van der Waals surface area (Å²) in [4.78, 5) is 20.5. The smallest absolute Gasteiger partial charge is 0.282 e. The third-order valence-corrected chi connectivity index (χ3v) is 4.35. The summed E-state index contributed by atoms with van der Waals surface area (Å²) in [6.07, 6.45) is 3.45. The molecule has 2 aromatic heterocycles. The Morgan fingerprint density at radius 1 is 1.08 bits per heavy atom. The lowest BCUT2D eigenvalue weighted by atomic mass is 10.1. The Bertz CT molecular complexity index is 1190. The van der Waals surface area contributed by atoms with Crippen molar-refractivity contribution in [1.29, 1.82) is 0 Å². The molecule has 2 aromatic carbocycles. The predicted octanol–water partition coefficient (Wildman–Crippen LogP) is 3.25. The molecule has 0 atom stereocenters. The van der Waals surface area contributed by atoms with Gasteiger partial charge in [0, 0.05) is 28.2 Å². The van der Waals surface area contributed by atoms with Crippen LogP contribution < -0.4 is 11.5 Å². The number of hydrogen-bond donors (Lipinski definition) is 2. The van der Waals surface area contributed by atoms with Crippen LogP contribution in [0.2, 0.25) is 5.02 Å². The number of nitrogens with zero attached hydrogens (tertiary/aromatic N) is 3. The van der Waals surface area contributed by atoms with E-state index in [-0.39, 0.29) is 5.96 Å². The van der Waals surface area contributed by atoms with E-state index in [1.807, 2.05) is 47.0 Å². The van der Waals surface area contributed by atoms with E-state index in [0.29, 0.717) is 10.6 Å². The lowest BCUT2D eigenvalue weighted by molar-refractivity contribution is 0.100.